The number of aliphatic hydroxyl groups excluding tert-OH is 1. The number of hydrogen-bond acceptors (Lipinski definition) is 6. The maximum absolute atomic E-state index is 16.0. The summed E-state index contributed by atoms with van der Waals surface area (Å²) in [6.45, 7) is 8.43. The van der Waals surface area contributed by atoms with Crippen LogP contribution in [0.25, 0.3) is 5.70 Å². The molecule has 0 spiro atoms. The second-order valence-corrected chi connectivity index (χ2v) is 10.2. The van der Waals surface area contributed by atoms with E-state index in [-0.39, 0.29) is 54.7 Å². The molecule has 0 bridgehead atoms. The minimum Gasteiger partial charge on any atom is -0.488 e. The highest BCUT2D eigenvalue weighted by atomic mass is 19.1. The fraction of sp³-hybridized carbons (Fsp3) is 0.462. The zero-order chi connectivity index (χ0) is 25.8. The van der Waals surface area contributed by atoms with E-state index in [1.54, 1.807) is 15.9 Å². The molecule has 0 saturated carbocycles. The molecule has 1 unspecified atom stereocenters. The number of likely N-dealkylation sites (tertiary alicyclic amines) is 1. The van der Waals surface area contributed by atoms with E-state index in [0.717, 1.165) is 0 Å². The number of β-amino-alcohol motifs (C(OH)–C–C–N with tert-alkyl or cyclic N) is 1. The summed E-state index contributed by atoms with van der Waals surface area (Å²) in [6, 6.07) is 5.34. The number of allylic oxidation sites excluding steroid dienone is 1. The molecule has 8 nitrogen and oxygen atoms in total. The number of rotatable bonds is 3. The number of dihydropyridines is 1. The number of aliphatic hydroxyl groups is 1. The van der Waals surface area contributed by atoms with Crippen molar-refractivity contribution in [2.24, 2.45) is 0 Å². The first-order valence-electron chi connectivity index (χ1n) is 12.1. The first-order valence-corrected chi connectivity index (χ1v) is 12.1. The highest BCUT2D eigenvalue weighted by Crippen LogP contribution is 2.41. The number of ether oxygens (including phenoxy) is 1. The van der Waals surface area contributed by atoms with Crippen molar-refractivity contribution >= 4 is 17.5 Å². The summed E-state index contributed by atoms with van der Waals surface area (Å²) >= 11 is 0. The lowest BCUT2D eigenvalue weighted by molar-refractivity contribution is -0.138. The number of hydrogen-bond donors (Lipinski definition) is 2. The molecule has 2 amide bonds. The number of fused-ring (bicyclic) bond motifs is 1. The van der Waals surface area contributed by atoms with Gasteiger partial charge in [0.05, 0.1) is 23.4 Å². The van der Waals surface area contributed by atoms with Crippen molar-refractivity contribution in [2.75, 3.05) is 32.8 Å². The smallest absolute Gasteiger partial charge is 0.257 e. The lowest BCUT2D eigenvalue weighted by Gasteiger charge is -2.43. The second kappa shape index (κ2) is 9.01. The van der Waals surface area contributed by atoms with E-state index >= 15 is 4.39 Å². The Morgan fingerprint density at radius 2 is 2.00 bits per heavy atom. The Labute approximate surface area is 208 Å². The molecule has 1 aromatic carbocycles. The Kier molecular flexibility index (Phi) is 6.12. The number of nitrogens with one attached hydrogen (secondary N) is 1. The molecule has 10 heteroatoms. The first-order chi connectivity index (χ1) is 17.1. The normalized spacial score (nSPS) is 28.2. The van der Waals surface area contributed by atoms with Gasteiger partial charge in [-0.25, -0.2) is 8.78 Å². The van der Waals surface area contributed by atoms with E-state index in [1.807, 2.05) is 18.7 Å². The third-order valence-corrected chi connectivity index (χ3v) is 7.47. The summed E-state index contributed by atoms with van der Waals surface area (Å²) in [5.41, 5.74) is -0.541. The maximum Gasteiger partial charge on any atom is 0.257 e. The van der Waals surface area contributed by atoms with Crippen LogP contribution in [0.2, 0.25) is 0 Å². The fourth-order valence-corrected chi connectivity index (χ4v) is 5.69. The van der Waals surface area contributed by atoms with E-state index < -0.39 is 41.4 Å². The van der Waals surface area contributed by atoms with Crippen molar-refractivity contribution in [3.63, 3.8) is 0 Å². The Bertz CT molecular complexity index is 1180. The number of halogens is 2. The summed E-state index contributed by atoms with van der Waals surface area (Å²) in [4.78, 5) is 31.2. The van der Waals surface area contributed by atoms with Crippen molar-refractivity contribution in [3.8, 4) is 0 Å². The largest absolute Gasteiger partial charge is 0.488 e. The van der Waals surface area contributed by atoms with Gasteiger partial charge >= 0.3 is 0 Å². The van der Waals surface area contributed by atoms with Crippen molar-refractivity contribution in [3.05, 3.63) is 65.5 Å². The maximum atomic E-state index is 16.0. The molecular formula is C26H30F2N4O4. The predicted molar refractivity (Wildman–Crippen MR) is 128 cm³/mol. The monoisotopic (exact) mass is 500 g/mol. The molecule has 192 valence electrons. The molecular weight excluding hydrogens is 470 g/mol. The number of amides is 2. The van der Waals surface area contributed by atoms with Crippen LogP contribution in [0.1, 0.15) is 25.8 Å². The van der Waals surface area contributed by atoms with E-state index in [9.17, 15) is 19.1 Å². The molecule has 0 radical (unpaired) electrons. The minimum atomic E-state index is -0.861. The average Bonchev–Trinajstić information content (AvgIpc) is 3.04. The van der Waals surface area contributed by atoms with Crippen LogP contribution in [0.15, 0.2) is 54.1 Å². The average molecular weight is 501 g/mol. The van der Waals surface area contributed by atoms with E-state index in [2.05, 4.69) is 11.9 Å². The van der Waals surface area contributed by atoms with Crippen LogP contribution in [0.3, 0.4) is 0 Å². The van der Waals surface area contributed by atoms with Gasteiger partial charge in [-0.15, -0.1) is 0 Å². The van der Waals surface area contributed by atoms with Gasteiger partial charge in [0.15, 0.2) is 11.6 Å². The van der Waals surface area contributed by atoms with E-state index in [0.29, 0.717) is 13.0 Å². The van der Waals surface area contributed by atoms with Gasteiger partial charge in [0.1, 0.15) is 18.6 Å². The van der Waals surface area contributed by atoms with E-state index in [1.165, 1.54) is 24.3 Å². The second-order valence-electron chi connectivity index (χ2n) is 10.2. The minimum absolute atomic E-state index is 0.0184. The van der Waals surface area contributed by atoms with Crippen molar-refractivity contribution < 1.29 is 28.2 Å². The van der Waals surface area contributed by atoms with Crippen LogP contribution in [0, 0.1) is 5.82 Å². The Hall–Kier alpha value is -3.24. The lowest BCUT2D eigenvalue weighted by Crippen LogP contribution is -2.60. The lowest BCUT2D eigenvalue weighted by atomic mass is 9.95. The summed E-state index contributed by atoms with van der Waals surface area (Å²) in [5.74, 6) is -2.35. The van der Waals surface area contributed by atoms with E-state index in [4.69, 9.17) is 4.74 Å². The van der Waals surface area contributed by atoms with Crippen LogP contribution in [0.5, 0.6) is 0 Å². The molecule has 1 aromatic rings. The van der Waals surface area contributed by atoms with Crippen LogP contribution >= 0.6 is 0 Å². The quantitative estimate of drug-likeness (QED) is 0.616. The number of piperazine rings is 1. The van der Waals surface area contributed by atoms with Crippen molar-refractivity contribution in [1.29, 1.82) is 0 Å². The molecule has 3 atom stereocenters. The summed E-state index contributed by atoms with van der Waals surface area (Å²) in [6.07, 6.45) is 0.179. The fourth-order valence-electron chi connectivity index (χ4n) is 5.69. The van der Waals surface area contributed by atoms with Gasteiger partial charge in [-0.05, 0) is 38.5 Å². The SMILES string of the molecule is C=CC(=O)N1CCN2C(=O)C3=C(OCC2C1)C(F)=C(c1ccccc1F)N[C@@H]3N1C[C@@H](O)CC1(C)C. The van der Waals surface area contributed by atoms with Gasteiger partial charge in [0, 0.05) is 37.3 Å². The summed E-state index contributed by atoms with van der Waals surface area (Å²) < 4.78 is 36.8. The molecule has 4 aliphatic rings. The molecule has 2 saturated heterocycles. The van der Waals surface area contributed by atoms with Crippen molar-refractivity contribution in [2.45, 2.75) is 44.1 Å². The highest BCUT2D eigenvalue weighted by Gasteiger charge is 2.50. The summed E-state index contributed by atoms with van der Waals surface area (Å²) in [5, 5.41) is 13.5. The van der Waals surface area contributed by atoms with Gasteiger partial charge in [-0.2, -0.15) is 0 Å². The Balaban J connectivity index is 1.60. The standard InChI is InChI=1S/C26H30F2N4O4/c1-4-19(34)30-9-10-31-15(12-30)14-36-23-20(25(31)35)24(32-13-16(33)11-26(32,2)3)29-22(21(23)28)17-7-5-6-8-18(17)27/h4-8,15-16,24,29,33H,1,9-14H2,2-3H3/t15?,16-,24+/m0/s1. The van der Waals surface area contributed by atoms with Crippen molar-refractivity contribution in [1.82, 2.24) is 20.0 Å². The van der Waals surface area contributed by atoms with Gasteiger partial charge in [-0.3, -0.25) is 14.5 Å². The van der Waals surface area contributed by atoms with Gasteiger partial charge in [0.2, 0.25) is 5.91 Å². The molecule has 36 heavy (non-hydrogen) atoms. The molecule has 2 N–H and O–H groups in total. The zero-order valence-corrected chi connectivity index (χ0v) is 20.3. The van der Waals surface area contributed by atoms with Crippen LogP contribution < -0.4 is 5.32 Å². The highest BCUT2D eigenvalue weighted by molar-refractivity contribution is 5.98. The van der Waals surface area contributed by atoms with Gasteiger partial charge < -0.3 is 25.0 Å². The summed E-state index contributed by atoms with van der Waals surface area (Å²) in [7, 11) is 0. The molecule has 0 aliphatic carbocycles. The number of carbonyl (C=O) groups is 2. The van der Waals surface area contributed by atoms with Crippen LogP contribution in [0.4, 0.5) is 8.78 Å². The molecule has 5 rings (SSSR count). The van der Waals surface area contributed by atoms with Gasteiger partial charge in [0.25, 0.3) is 5.91 Å². The number of nitrogens with zero attached hydrogens (tertiary/aromatic N) is 3. The third-order valence-electron chi connectivity index (χ3n) is 7.47. The van der Waals surface area contributed by atoms with Crippen LogP contribution in [-0.2, 0) is 14.3 Å². The third kappa shape index (κ3) is 3.98. The van der Waals surface area contributed by atoms with Crippen LogP contribution in [-0.4, -0.2) is 88.3 Å². The number of carbonyl (C=O) groups excluding carboxylic acids is 2. The molecule has 0 aromatic heterocycles. The Morgan fingerprint density at radius 1 is 1.25 bits per heavy atom. The Morgan fingerprint density at radius 3 is 2.67 bits per heavy atom. The molecule has 4 aliphatic heterocycles. The topological polar surface area (TPSA) is 85.4 Å². The number of benzene rings is 1. The predicted octanol–water partition coefficient (Wildman–Crippen LogP) is 1.75. The first kappa shape index (κ1) is 24.5. The molecule has 2 fully saturated rings. The zero-order valence-electron chi connectivity index (χ0n) is 20.3. The van der Waals surface area contributed by atoms with Gasteiger partial charge in [-0.1, -0.05) is 18.7 Å². The molecule has 4 heterocycles.